The number of likely N-dealkylation sites (tertiary alicyclic amines) is 1. The Labute approximate surface area is 123 Å². The van der Waals surface area contributed by atoms with Gasteiger partial charge < -0.3 is 15.5 Å². The van der Waals surface area contributed by atoms with E-state index in [1.165, 1.54) is 37.2 Å². The fourth-order valence-corrected chi connectivity index (χ4v) is 3.23. The van der Waals surface area contributed by atoms with Gasteiger partial charge in [-0.2, -0.15) is 0 Å². The normalized spacial score (nSPS) is 21.6. The molecule has 112 valence electrons. The van der Waals surface area contributed by atoms with Crippen molar-refractivity contribution in [1.82, 2.24) is 9.80 Å². The molecule has 0 aliphatic carbocycles. The molecular formula is C17H29N3. The monoisotopic (exact) mass is 275 g/mol. The molecule has 1 saturated heterocycles. The molecule has 0 bridgehead atoms. The largest absolute Gasteiger partial charge is 0.324 e. The lowest BCUT2D eigenvalue weighted by atomic mass is 9.99. The second-order valence-corrected chi connectivity index (χ2v) is 6.43. The molecule has 3 nitrogen and oxygen atoms in total. The minimum Gasteiger partial charge on any atom is -0.324 e. The van der Waals surface area contributed by atoms with E-state index in [0.29, 0.717) is 0 Å². The van der Waals surface area contributed by atoms with Crippen molar-refractivity contribution < 1.29 is 0 Å². The second-order valence-electron chi connectivity index (χ2n) is 6.43. The van der Waals surface area contributed by atoms with Gasteiger partial charge in [-0.3, -0.25) is 0 Å². The summed E-state index contributed by atoms with van der Waals surface area (Å²) in [7, 11) is 4.44. The zero-order valence-corrected chi connectivity index (χ0v) is 13.2. The van der Waals surface area contributed by atoms with Crippen molar-refractivity contribution in [3.8, 4) is 0 Å². The van der Waals surface area contributed by atoms with Gasteiger partial charge >= 0.3 is 0 Å². The van der Waals surface area contributed by atoms with E-state index in [1.807, 2.05) is 0 Å². The Morgan fingerprint density at radius 3 is 2.80 bits per heavy atom. The van der Waals surface area contributed by atoms with Gasteiger partial charge in [0.2, 0.25) is 0 Å². The van der Waals surface area contributed by atoms with Crippen LogP contribution in [-0.2, 0) is 0 Å². The summed E-state index contributed by atoms with van der Waals surface area (Å²) >= 11 is 0. The summed E-state index contributed by atoms with van der Waals surface area (Å²) in [6.45, 7) is 6.92. The first kappa shape index (κ1) is 15.5. The minimum absolute atomic E-state index is 0.157. The number of aryl methyl sites for hydroxylation is 1. The van der Waals surface area contributed by atoms with Gasteiger partial charge in [-0.05, 0) is 64.0 Å². The summed E-state index contributed by atoms with van der Waals surface area (Å²) in [4.78, 5) is 4.87. The molecule has 2 unspecified atom stereocenters. The Balaban J connectivity index is 1.75. The van der Waals surface area contributed by atoms with Crippen molar-refractivity contribution in [3.63, 3.8) is 0 Å². The fourth-order valence-electron chi connectivity index (χ4n) is 3.23. The molecule has 2 rings (SSSR count). The van der Waals surface area contributed by atoms with E-state index in [-0.39, 0.29) is 6.04 Å². The van der Waals surface area contributed by atoms with Gasteiger partial charge in [0, 0.05) is 19.1 Å². The van der Waals surface area contributed by atoms with Gasteiger partial charge in [-0.25, -0.2) is 0 Å². The molecule has 2 N–H and O–H groups in total. The van der Waals surface area contributed by atoms with Gasteiger partial charge in [-0.15, -0.1) is 0 Å². The highest BCUT2D eigenvalue weighted by Gasteiger charge is 2.20. The van der Waals surface area contributed by atoms with E-state index in [1.54, 1.807) is 0 Å². The van der Waals surface area contributed by atoms with E-state index < -0.39 is 0 Å². The molecule has 1 heterocycles. The lowest BCUT2D eigenvalue weighted by molar-refractivity contribution is 0.265. The summed E-state index contributed by atoms with van der Waals surface area (Å²) in [5.41, 5.74) is 8.94. The fraction of sp³-hybridized carbons (Fsp3) is 0.647. The first-order valence-electron chi connectivity index (χ1n) is 7.74. The number of nitrogens with zero attached hydrogens (tertiary/aromatic N) is 2. The quantitative estimate of drug-likeness (QED) is 0.864. The highest BCUT2D eigenvalue weighted by molar-refractivity contribution is 5.28. The van der Waals surface area contributed by atoms with Gasteiger partial charge in [0.05, 0.1) is 0 Å². The van der Waals surface area contributed by atoms with Crippen molar-refractivity contribution in [3.05, 3.63) is 35.4 Å². The Hall–Kier alpha value is -0.900. The van der Waals surface area contributed by atoms with Crippen LogP contribution in [0.1, 0.15) is 30.0 Å². The first-order chi connectivity index (χ1) is 9.56. The maximum Gasteiger partial charge on any atom is 0.0309 e. The van der Waals surface area contributed by atoms with Crippen molar-refractivity contribution in [2.75, 3.05) is 40.3 Å². The topological polar surface area (TPSA) is 32.5 Å². The molecule has 1 fully saturated rings. The molecule has 0 amide bonds. The van der Waals surface area contributed by atoms with Gasteiger partial charge in [0.15, 0.2) is 0 Å². The molecule has 2 atom stereocenters. The third-order valence-electron chi connectivity index (χ3n) is 4.47. The predicted molar refractivity (Wildman–Crippen MR) is 85.8 cm³/mol. The van der Waals surface area contributed by atoms with E-state index in [9.17, 15) is 0 Å². The van der Waals surface area contributed by atoms with Crippen LogP contribution in [0.4, 0.5) is 0 Å². The number of rotatable bonds is 6. The minimum atomic E-state index is 0.157. The SMILES string of the molecule is Cc1ccccc1C(N)CCN(C)CC1CCN(C)C1. The van der Waals surface area contributed by atoms with E-state index in [2.05, 4.69) is 55.1 Å². The molecular weight excluding hydrogens is 246 g/mol. The second kappa shape index (κ2) is 7.21. The third-order valence-corrected chi connectivity index (χ3v) is 4.47. The molecule has 0 saturated carbocycles. The maximum atomic E-state index is 6.34. The highest BCUT2D eigenvalue weighted by atomic mass is 15.1. The van der Waals surface area contributed by atoms with Crippen molar-refractivity contribution in [2.24, 2.45) is 11.7 Å². The lowest BCUT2D eigenvalue weighted by Gasteiger charge is -2.23. The summed E-state index contributed by atoms with van der Waals surface area (Å²) in [5.74, 6) is 0.833. The molecule has 20 heavy (non-hydrogen) atoms. The average molecular weight is 275 g/mol. The van der Waals surface area contributed by atoms with Crippen molar-refractivity contribution in [1.29, 1.82) is 0 Å². The summed E-state index contributed by atoms with van der Waals surface area (Å²) in [6.07, 6.45) is 2.37. The smallest absolute Gasteiger partial charge is 0.0309 e. The van der Waals surface area contributed by atoms with E-state index >= 15 is 0 Å². The van der Waals surface area contributed by atoms with E-state index in [0.717, 1.165) is 18.9 Å². The lowest BCUT2D eigenvalue weighted by Crippen LogP contribution is -2.30. The molecule has 0 radical (unpaired) electrons. The predicted octanol–water partition coefficient (Wildman–Crippen LogP) is 2.27. The molecule has 1 aromatic carbocycles. The average Bonchev–Trinajstić information content (AvgIpc) is 2.82. The van der Waals surface area contributed by atoms with Crippen molar-refractivity contribution >= 4 is 0 Å². The first-order valence-corrected chi connectivity index (χ1v) is 7.74. The number of benzene rings is 1. The number of hydrogen-bond acceptors (Lipinski definition) is 3. The standard InChI is InChI=1S/C17H29N3/c1-14-6-4-5-7-16(14)17(18)9-11-20(3)13-15-8-10-19(2)12-15/h4-7,15,17H,8-13,18H2,1-3H3. The number of nitrogens with two attached hydrogens (primary N) is 1. The highest BCUT2D eigenvalue weighted by Crippen LogP contribution is 2.19. The van der Waals surface area contributed by atoms with Crippen LogP contribution in [0.5, 0.6) is 0 Å². The van der Waals surface area contributed by atoms with Gasteiger partial charge in [0.1, 0.15) is 0 Å². The molecule has 1 aliphatic heterocycles. The maximum absolute atomic E-state index is 6.34. The molecule has 3 heteroatoms. The Kier molecular flexibility index (Phi) is 5.58. The molecule has 1 aromatic rings. The Bertz CT molecular complexity index is 418. The Morgan fingerprint density at radius 1 is 1.40 bits per heavy atom. The number of hydrogen-bond donors (Lipinski definition) is 1. The summed E-state index contributed by atoms with van der Waals surface area (Å²) in [6, 6.07) is 8.62. The van der Waals surface area contributed by atoms with E-state index in [4.69, 9.17) is 5.73 Å². The summed E-state index contributed by atoms with van der Waals surface area (Å²) < 4.78 is 0. The van der Waals surface area contributed by atoms with Crippen LogP contribution in [0, 0.1) is 12.8 Å². The molecule has 1 aliphatic rings. The van der Waals surface area contributed by atoms with Crippen LogP contribution in [0.3, 0.4) is 0 Å². The Morgan fingerprint density at radius 2 is 2.15 bits per heavy atom. The van der Waals surface area contributed by atoms with Crippen LogP contribution >= 0.6 is 0 Å². The van der Waals surface area contributed by atoms with Crippen LogP contribution in [0.25, 0.3) is 0 Å². The van der Waals surface area contributed by atoms with Gasteiger partial charge in [0.25, 0.3) is 0 Å². The van der Waals surface area contributed by atoms with Crippen LogP contribution < -0.4 is 5.73 Å². The van der Waals surface area contributed by atoms with Crippen LogP contribution in [0.2, 0.25) is 0 Å². The van der Waals surface area contributed by atoms with Gasteiger partial charge in [-0.1, -0.05) is 24.3 Å². The van der Waals surface area contributed by atoms with Crippen LogP contribution in [-0.4, -0.2) is 50.1 Å². The summed E-state index contributed by atoms with van der Waals surface area (Å²) in [5, 5.41) is 0. The zero-order valence-electron chi connectivity index (χ0n) is 13.2. The molecule has 0 spiro atoms. The molecule has 0 aromatic heterocycles. The van der Waals surface area contributed by atoms with Crippen molar-refractivity contribution in [2.45, 2.75) is 25.8 Å². The third kappa shape index (κ3) is 4.30. The zero-order chi connectivity index (χ0) is 14.5. The van der Waals surface area contributed by atoms with Crippen LogP contribution in [0.15, 0.2) is 24.3 Å².